The first-order chi connectivity index (χ1) is 9.45. The number of rotatable bonds is 8. The molecular formula is C14H19ClO5. The van der Waals surface area contributed by atoms with Crippen LogP contribution >= 0.6 is 11.6 Å². The lowest BCUT2D eigenvalue weighted by atomic mass is 10.2. The normalized spacial score (nSPS) is 10.7. The third-order valence-corrected chi connectivity index (χ3v) is 2.61. The fraction of sp³-hybridized carbons (Fsp3) is 0.500. The molecule has 0 saturated carbocycles. The molecule has 0 atom stereocenters. The molecule has 20 heavy (non-hydrogen) atoms. The lowest BCUT2D eigenvalue weighted by Gasteiger charge is -2.14. The van der Waals surface area contributed by atoms with E-state index in [4.69, 9.17) is 30.9 Å². The number of methoxy groups -OCH3 is 1. The highest BCUT2D eigenvalue weighted by atomic mass is 35.5. The third-order valence-electron chi connectivity index (χ3n) is 2.40. The second kappa shape index (κ2) is 7.97. The maximum atomic E-state index is 11.2. The fourth-order valence-corrected chi connectivity index (χ4v) is 1.76. The number of halogens is 1. The van der Waals surface area contributed by atoms with Crippen molar-refractivity contribution >= 4 is 17.6 Å². The Morgan fingerprint density at radius 2 is 2.05 bits per heavy atom. The molecule has 0 aliphatic carbocycles. The Labute approximate surface area is 123 Å². The van der Waals surface area contributed by atoms with Crippen LogP contribution in [0.1, 0.15) is 24.2 Å². The second-order valence-electron chi connectivity index (χ2n) is 4.61. The summed E-state index contributed by atoms with van der Waals surface area (Å²) in [7, 11) is 1.43. The molecule has 1 N–H and O–H groups in total. The van der Waals surface area contributed by atoms with Crippen LogP contribution in [-0.4, -0.2) is 38.0 Å². The molecule has 0 aromatic heterocycles. The highest BCUT2D eigenvalue weighted by molar-refractivity contribution is 6.31. The van der Waals surface area contributed by atoms with Crippen molar-refractivity contribution in [2.24, 2.45) is 5.92 Å². The maximum absolute atomic E-state index is 11.2. The standard InChI is InChI=1S/C14H19ClO5/c1-9(2)8-19-4-5-20-13-11(14(16)17)6-10(15)7-12(13)18-3/h6-7,9H,4-5,8H2,1-3H3,(H,16,17). The predicted molar refractivity (Wildman–Crippen MR) is 76.1 cm³/mol. The van der Waals surface area contributed by atoms with Crippen molar-refractivity contribution in [2.45, 2.75) is 13.8 Å². The molecule has 0 heterocycles. The molecule has 0 spiro atoms. The minimum absolute atomic E-state index is 0.0294. The number of benzene rings is 1. The van der Waals surface area contributed by atoms with Gasteiger partial charge < -0.3 is 19.3 Å². The van der Waals surface area contributed by atoms with Gasteiger partial charge in [-0.25, -0.2) is 4.79 Å². The number of hydrogen-bond donors (Lipinski definition) is 1. The number of carbonyl (C=O) groups is 1. The van der Waals surface area contributed by atoms with Gasteiger partial charge in [0.05, 0.1) is 13.7 Å². The lowest BCUT2D eigenvalue weighted by Crippen LogP contribution is -2.12. The predicted octanol–water partition coefficient (Wildman–Crippen LogP) is 3.10. The van der Waals surface area contributed by atoms with Crippen LogP contribution in [0.2, 0.25) is 5.02 Å². The van der Waals surface area contributed by atoms with Crippen LogP contribution in [0.3, 0.4) is 0 Å². The summed E-state index contributed by atoms with van der Waals surface area (Å²) in [6, 6.07) is 2.84. The first-order valence-corrected chi connectivity index (χ1v) is 6.64. The zero-order chi connectivity index (χ0) is 15.1. The van der Waals surface area contributed by atoms with E-state index in [0.29, 0.717) is 24.9 Å². The largest absolute Gasteiger partial charge is 0.493 e. The molecule has 0 fully saturated rings. The number of hydrogen-bond acceptors (Lipinski definition) is 4. The van der Waals surface area contributed by atoms with Crippen molar-refractivity contribution in [1.82, 2.24) is 0 Å². The van der Waals surface area contributed by atoms with E-state index in [1.165, 1.54) is 19.2 Å². The molecule has 0 saturated heterocycles. The van der Waals surface area contributed by atoms with Crippen LogP contribution in [0.4, 0.5) is 0 Å². The van der Waals surface area contributed by atoms with Crippen LogP contribution < -0.4 is 9.47 Å². The fourth-order valence-electron chi connectivity index (χ4n) is 1.55. The first kappa shape index (κ1) is 16.6. The monoisotopic (exact) mass is 302 g/mol. The Morgan fingerprint density at radius 1 is 1.35 bits per heavy atom. The number of aromatic carboxylic acids is 1. The lowest BCUT2D eigenvalue weighted by molar-refractivity contribution is 0.0674. The van der Waals surface area contributed by atoms with E-state index in [1.807, 2.05) is 13.8 Å². The van der Waals surface area contributed by atoms with Gasteiger partial charge in [0, 0.05) is 17.7 Å². The Hall–Kier alpha value is -1.46. The highest BCUT2D eigenvalue weighted by Gasteiger charge is 2.18. The SMILES string of the molecule is COc1cc(Cl)cc(C(=O)O)c1OCCOCC(C)C. The molecule has 0 aliphatic heterocycles. The van der Waals surface area contributed by atoms with E-state index in [1.54, 1.807) is 0 Å². The van der Waals surface area contributed by atoms with Gasteiger partial charge in [0.2, 0.25) is 0 Å². The van der Waals surface area contributed by atoms with Crippen LogP contribution in [0.25, 0.3) is 0 Å². The van der Waals surface area contributed by atoms with Crippen LogP contribution in [-0.2, 0) is 4.74 Å². The molecule has 6 heteroatoms. The Balaban J connectivity index is 2.74. The summed E-state index contributed by atoms with van der Waals surface area (Å²) in [5.41, 5.74) is -0.0294. The Bertz CT molecular complexity index is 459. The molecule has 1 rings (SSSR count). The molecule has 112 valence electrons. The van der Waals surface area contributed by atoms with Gasteiger partial charge in [0.15, 0.2) is 11.5 Å². The van der Waals surface area contributed by atoms with Gasteiger partial charge in [-0.15, -0.1) is 0 Å². The molecule has 0 bridgehead atoms. The van der Waals surface area contributed by atoms with Gasteiger partial charge in [0.1, 0.15) is 12.2 Å². The zero-order valence-electron chi connectivity index (χ0n) is 11.8. The van der Waals surface area contributed by atoms with Crippen molar-refractivity contribution in [3.8, 4) is 11.5 Å². The van der Waals surface area contributed by atoms with E-state index in [2.05, 4.69) is 0 Å². The summed E-state index contributed by atoms with van der Waals surface area (Å²) in [4.78, 5) is 11.2. The Kier molecular flexibility index (Phi) is 6.61. The molecule has 1 aromatic rings. The quantitative estimate of drug-likeness (QED) is 0.748. The van der Waals surface area contributed by atoms with Crippen molar-refractivity contribution in [3.05, 3.63) is 22.7 Å². The van der Waals surface area contributed by atoms with Gasteiger partial charge in [-0.1, -0.05) is 25.4 Å². The first-order valence-electron chi connectivity index (χ1n) is 6.27. The molecule has 0 unspecified atom stereocenters. The average Bonchev–Trinajstić information content (AvgIpc) is 2.38. The highest BCUT2D eigenvalue weighted by Crippen LogP contribution is 2.34. The molecule has 0 radical (unpaired) electrons. The molecule has 0 amide bonds. The van der Waals surface area contributed by atoms with Gasteiger partial charge in [-0.2, -0.15) is 0 Å². The minimum atomic E-state index is -1.12. The van der Waals surface area contributed by atoms with Crippen molar-refractivity contribution in [3.63, 3.8) is 0 Å². The third kappa shape index (κ3) is 4.90. The zero-order valence-corrected chi connectivity index (χ0v) is 12.6. The van der Waals surface area contributed by atoms with Gasteiger partial charge in [-0.3, -0.25) is 0 Å². The summed E-state index contributed by atoms with van der Waals surface area (Å²) in [6.07, 6.45) is 0. The Morgan fingerprint density at radius 3 is 2.60 bits per heavy atom. The van der Waals surface area contributed by atoms with Gasteiger partial charge >= 0.3 is 5.97 Å². The second-order valence-corrected chi connectivity index (χ2v) is 5.04. The van der Waals surface area contributed by atoms with E-state index in [0.717, 1.165) is 0 Å². The van der Waals surface area contributed by atoms with E-state index < -0.39 is 5.97 Å². The van der Waals surface area contributed by atoms with Crippen molar-refractivity contribution < 1.29 is 24.1 Å². The van der Waals surface area contributed by atoms with E-state index >= 15 is 0 Å². The number of ether oxygens (including phenoxy) is 3. The molecule has 1 aromatic carbocycles. The number of carboxylic acid groups (broad SMARTS) is 1. The van der Waals surface area contributed by atoms with Gasteiger partial charge in [0.25, 0.3) is 0 Å². The maximum Gasteiger partial charge on any atom is 0.339 e. The van der Waals surface area contributed by atoms with Gasteiger partial charge in [-0.05, 0) is 12.0 Å². The molecule has 5 nitrogen and oxygen atoms in total. The van der Waals surface area contributed by atoms with Crippen molar-refractivity contribution in [2.75, 3.05) is 26.9 Å². The summed E-state index contributed by atoms with van der Waals surface area (Å²) in [6.45, 7) is 5.35. The summed E-state index contributed by atoms with van der Waals surface area (Å²) in [5.74, 6) is -0.227. The summed E-state index contributed by atoms with van der Waals surface area (Å²) >= 11 is 5.84. The van der Waals surface area contributed by atoms with Crippen molar-refractivity contribution in [1.29, 1.82) is 0 Å². The van der Waals surface area contributed by atoms with Crippen LogP contribution in [0, 0.1) is 5.92 Å². The molecule has 0 aliphatic rings. The van der Waals surface area contributed by atoms with Crippen LogP contribution in [0.15, 0.2) is 12.1 Å². The minimum Gasteiger partial charge on any atom is -0.493 e. The smallest absolute Gasteiger partial charge is 0.339 e. The molecular weight excluding hydrogens is 284 g/mol. The summed E-state index contributed by atoms with van der Waals surface area (Å²) < 4.78 is 15.9. The summed E-state index contributed by atoms with van der Waals surface area (Å²) in [5, 5.41) is 9.44. The topological polar surface area (TPSA) is 65.0 Å². The van der Waals surface area contributed by atoms with E-state index in [-0.39, 0.29) is 22.9 Å². The van der Waals surface area contributed by atoms with Crippen LogP contribution in [0.5, 0.6) is 11.5 Å². The average molecular weight is 303 g/mol. The van der Waals surface area contributed by atoms with E-state index in [9.17, 15) is 4.79 Å². The number of carboxylic acids is 1.